The van der Waals surface area contributed by atoms with Gasteiger partial charge in [0.2, 0.25) is 0 Å². The predicted octanol–water partition coefficient (Wildman–Crippen LogP) is 2.23. The topological polar surface area (TPSA) is 35.2 Å². The van der Waals surface area contributed by atoms with E-state index in [-0.39, 0.29) is 0 Å². The van der Waals surface area contributed by atoms with E-state index < -0.39 is 5.67 Å². The Hall–Kier alpha value is -1.09. The van der Waals surface area contributed by atoms with Crippen LogP contribution in [0, 0.1) is 0 Å². The SMILES string of the molecule is CC(C)(F)c1ccc(OCCN)cc1. The fourth-order valence-electron chi connectivity index (χ4n) is 1.12. The van der Waals surface area contributed by atoms with Gasteiger partial charge in [0.15, 0.2) is 0 Å². The molecular weight excluding hydrogens is 181 g/mol. The van der Waals surface area contributed by atoms with Crippen molar-refractivity contribution in [3.63, 3.8) is 0 Å². The molecule has 0 aromatic heterocycles. The third kappa shape index (κ3) is 3.00. The van der Waals surface area contributed by atoms with Gasteiger partial charge in [-0.2, -0.15) is 0 Å². The Kier molecular flexibility index (Phi) is 3.47. The standard InChI is InChI=1S/C11H16FNO/c1-11(2,12)9-3-5-10(6-4-9)14-8-7-13/h3-6H,7-8,13H2,1-2H3. The highest BCUT2D eigenvalue weighted by Gasteiger charge is 2.17. The van der Waals surface area contributed by atoms with Crippen LogP contribution in [0.15, 0.2) is 24.3 Å². The van der Waals surface area contributed by atoms with Gasteiger partial charge in [0.25, 0.3) is 0 Å². The number of hydrogen-bond acceptors (Lipinski definition) is 2. The van der Waals surface area contributed by atoms with Crippen LogP contribution in [0.4, 0.5) is 4.39 Å². The Morgan fingerprint density at radius 2 is 1.86 bits per heavy atom. The van der Waals surface area contributed by atoms with Crippen molar-refractivity contribution in [3.8, 4) is 5.75 Å². The Morgan fingerprint density at radius 3 is 2.29 bits per heavy atom. The zero-order chi connectivity index (χ0) is 10.6. The Morgan fingerprint density at radius 1 is 1.29 bits per heavy atom. The lowest BCUT2D eigenvalue weighted by atomic mass is 10.0. The van der Waals surface area contributed by atoms with E-state index in [4.69, 9.17) is 10.5 Å². The second kappa shape index (κ2) is 4.42. The molecule has 2 N–H and O–H groups in total. The van der Waals surface area contributed by atoms with Crippen molar-refractivity contribution >= 4 is 0 Å². The minimum atomic E-state index is -1.30. The van der Waals surface area contributed by atoms with Gasteiger partial charge in [-0.3, -0.25) is 0 Å². The quantitative estimate of drug-likeness (QED) is 0.803. The fraction of sp³-hybridized carbons (Fsp3) is 0.455. The summed E-state index contributed by atoms with van der Waals surface area (Å²) in [6.07, 6.45) is 0. The van der Waals surface area contributed by atoms with E-state index in [1.165, 1.54) is 13.8 Å². The van der Waals surface area contributed by atoms with Gasteiger partial charge < -0.3 is 10.5 Å². The lowest BCUT2D eigenvalue weighted by molar-refractivity contribution is 0.221. The van der Waals surface area contributed by atoms with Crippen LogP contribution in [0.25, 0.3) is 0 Å². The van der Waals surface area contributed by atoms with Gasteiger partial charge in [0.05, 0.1) is 0 Å². The number of hydrogen-bond donors (Lipinski definition) is 1. The van der Waals surface area contributed by atoms with Crippen LogP contribution in [-0.2, 0) is 5.67 Å². The van der Waals surface area contributed by atoms with E-state index >= 15 is 0 Å². The Bertz CT molecular complexity index is 276. The maximum atomic E-state index is 13.4. The molecule has 0 aliphatic heterocycles. The molecule has 1 rings (SSSR count). The largest absolute Gasteiger partial charge is 0.492 e. The molecule has 0 amide bonds. The van der Waals surface area contributed by atoms with Crippen LogP contribution >= 0.6 is 0 Å². The summed E-state index contributed by atoms with van der Waals surface area (Å²) >= 11 is 0. The third-order valence-corrected chi connectivity index (χ3v) is 1.93. The summed E-state index contributed by atoms with van der Waals surface area (Å²) < 4.78 is 18.7. The molecule has 2 nitrogen and oxygen atoms in total. The van der Waals surface area contributed by atoms with Gasteiger partial charge in [-0.25, -0.2) is 4.39 Å². The number of ether oxygens (including phenoxy) is 1. The van der Waals surface area contributed by atoms with Crippen molar-refractivity contribution < 1.29 is 9.13 Å². The number of rotatable bonds is 4. The van der Waals surface area contributed by atoms with Crippen LogP contribution in [-0.4, -0.2) is 13.2 Å². The molecule has 78 valence electrons. The molecule has 0 spiro atoms. The lowest BCUT2D eigenvalue weighted by Gasteiger charge is -2.14. The van der Waals surface area contributed by atoms with Crippen LogP contribution < -0.4 is 10.5 Å². The molecule has 0 unspecified atom stereocenters. The van der Waals surface area contributed by atoms with Crippen molar-refractivity contribution in [2.45, 2.75) is 19.5 Å². The van der Waals surface area contributed by atoms with Gasteiger partial charge in [-0.1, -0.05) is 12.1 Å². The average molecular weight is 197 g/mol. The highest BCUT2D eigenvalue weighted by atomic mass is 19.1. The van der Waals surface area contributed by atoms with Crippen molar-refractivity contribution in [2.24, 2.45) is 5.73 Å². The Labute approximate surface area is 83.9 Å². The van der Waals surface area contributed by atoms with Gasteiger partial charge >= 0.3 is 0 Å². The summed E-state index contributed by atoms with van der Waals surface area (Å²) in [6, 6.07) is 6.97. The molecule has 0 saturated heterocycles. The van der Waals surface area contributed by atoms with E-state index in [2.05, 4.69) is 0 Å². The maximum Gasteiger partial charge on any atom is 0.130 e. The normalized spacial score (nSPS) is 11.4. The molecule has 0 radical (unpaired) electrons. The van der Waals surface area contributed by atoms with E-state index in [0.717, 1.165) is 5.75 Å². The van der Waals surface area contributed by atoms with Gasteiger partial charge in [-0.15, -0.1) is 0 Å². The maximum absolute atomic E-state index is 13.4. The molecular formula is C11H16FNO. The molecule has 14 heavy (non-hydrogen) atoms. The number of halogens is 1. The van der Waals surface area contributed by atoms with Gasteiger partial charge in [-0.05, 0) is 31.5 Å². The number of alkyl halides is 1. The summed E-state index contributed by atoms with van der Waals surface area (Å²) in [5.74, 6) is 0.725. The van der Waals surface area contributed by atoms with E-state index in [0.29, 0.717) is 18.7 Å². The monoisotopic (exact) mass is 197 g/mol. The second-order valence-electron chi connectivity index (χ2n) is 3.63. The summed E-state index contributed by atoms with van der Waals surface area (Å²) in [4.78, 5) is 0. The highest BCUT2D eigenvalue weighted by Crippen LogP contribution is 2.25. The molecule has 0 aliphatic rings. The summed E-state index contributed by atoms with van der Waals surface area (Å²) in [5, 5.41) is 0. The van der Waals surface area contributed by atoms with Crippen LogP contribution in [0.3, 0.4) is 0 Å². The first-order valence-electron chi connectivity index (χ1n) is 4.66. The molecule has 0 aliphatic carbocycles. The number of nitrogens with two attached hydrogens (primary N) is 1. The lowest BCUT2D eigenvalue weighted by Crippen LogP contribution is -2.11. The second-order valence-corrected chi connectivity index (χ2v) is 3.63. The molecule has 3 heteroatoms. The first kappa shape index (κ1) is 11.0. The Balaban J connectivity index is 2.69. The summed E-state index contributed by atoms with van der Waals surface area (Å²) in [7, 11) is 0. The van der Waals surface area contributed by atoms with Gasteiger partial charge in [0.1, 0.15) is 18.0 Å². The zero-order valence-electron chi connectivity index (χ0n) is 8.59. The van der Waals surface area contributed by atoms with Crippen LogP contribution in [0.5, 0.6) is 5.75 Å². The summed E-state index contributed by atoms with van der Waals surface area (Å²) in [6.45, 7) is 4.03. The molecule has 0 atom stereocenters. The van der Waals surface area contributed by atoms with Crippen molar-refractivity contribution in [1.29, 1.82) is 0 Å². The van der Waals surface area contributed by atoms with E-state index in [1.807, 2.05) is 0 Å². The smallest absolute Gasteiger partial charge is 0.130 e. The third-order valence-electron chi connectivity index (χ3n) is 1.93. The van der Waals surface area contributed by atoms with E-state index in [9.17, 15) is 4.39 Å². The molecule has 0 saturated carbocycles. The van der Waals surface area contributed by atoms with Crippen LogP contribution in [0.1, 0.15) is 19.4 Å². The van der Waals surface area contributed by atoms with E-state index in [1.54, 1.807) is 24.3 Å². The fourth-order valence-corrected chi connectivity index (χ4v) is 1.12. The molecule has 1 aromatic carbocycles. The first-order valence-corrected chi connectivity index (χ1v) is 4.66. The van der Waals surface area contributed by atoms with Crippen molar-refractivity contribution in [3.05, 3.63) is 29.8 Å². The van der Waals surface area contributed by atoms with Crippen molar-refractivity contribution in [1.82, 2.24) is 0 Å². The van der Waals surface area contributed by atoms with Crippen molar-refractivity contribution in [2.75, 3.05) is 13.2 Å². The van der Waals surface area contributed by atoms with Gasteiger partial charge in [0, 0.05) is 6.54 Å². The first-order chi connectivity index (χ1) is 6.54. The highest BCUT2D eigenvalue weighted by molar-refractivity contribution is 5.30. The molecule has 0 heterocycles. The average Bonchev–Trinajstić information content (AvgIpc) is 2.14. The number of benzene rings is 1. The predicted molar refractivity (Wildman–Crippen MR) is 55.1 cm³/mol. The molecule has 0 fully saturated rings. The zero-order valence-corrected chi connectivity index (χ0v) is 8.59. The molecule has 1 aromatic rings. The molecule has 0 bridgehead atoms. The minimum absolute atomic E-state index is 0.482. The minimum Gasteiger partial charge on any atom is -0.492 e. The summed E-state index contributed by atoms with van der Waals surface area (Å²) in [5.41, 5.74) is 4.64. The van der Waals surface area contributed by atoms with Crippen LogP contribution in [0.2, 0.25) is 0 Å².